The Balaban J connectivity index is 1.17. The molecule has 0 saturated carbocycles. The average molecular weight is 799 g/mol. The summed E-state index contributed by atoms with van der Waals surface area (Å²) in [6, 6.07) is 58.2. The van der Waals surface area contributed by atoms with Crippen LogP contribution in [0, 0.1) is 0 Å². The minimum atomic E-state index is -0.377. The summed E-state index contributed by atoms with van der Waals surface area (Å²) >= 11 is 0. The maximum atomic E-state index is 9.60. The molecular formula is C57H36N4O. The van der Waals surface area contributed by atoms with Gasteiger partial charge in [-0.05, 0) is 46.5 Å². The number of fused-ring (bicyclic) bond motifs is 6. The smallest absolute Gasteiger partial charge is 0.166 e. The van der Waals surface area contributed by atoms with Crippen LogP contribution < -0.4 is 0 Å². The van der Waals surface area contributed by atoms with E-state index in [1.807, 2.05) is 115 Å². The molecule has 0 atom stereocenters. The highest BCUT2D eigenvalue weighted by Crippen LogP contribution is 2.44. The Morgan fingerprint density at radius 1 is 0.355 bits per heavy atom. The molecule has 0 amide bonds. The zero-order valence-electron chi connectivity index (χ0n) is 39.0. The number of para-hydroxylation sites is 5. The molecule has 0 spiro atoms. The normalized spacial score (nSPS) is 12.9. The van der Waals surface area contributed by atoms with Crippen LogP contribution in [0.25, 0.3) is 117 Å². The first-order valence-electron chi connectivity index (χ1n) is 23.4. The van der Waals surface area contributed by atoms with Crippen molar-refractivity contribution in [1.82, 2.24) is 19.5 Å². The van der Waals surface area contributed by atoms with Gasteiger partial charge in [0.05, 0.1) is 24.9 Å². The highest BCUT2D eigenvalue weighted by Gasteiger charge is 2.24. The van der Waals surface area contributed by atoms with Crippen LogP contribution in [0.5, 0.6) is 0 Å². The average Bonchev–Trinajstić information content (AvgIpc) is 3.95. The number of benzene rings is 9. The molecule has 0 bridgehead atoms. The maximum Gasteiger partial charge on any atom is 0.166 e. The fraction of sp³-hybridized carbons (Fsp3) is 0. The van der Waals surface area contributed by atoms with E-state index in [0.717, 1.165) is 55.2 Å². The minimum Gasteiger partial charge on any atom is -0.455 e. The summed E-state index contributed by atoms with van der Waals surface area (Å²) in [4.78, 5) is 15.7. The number of rotatable bonds is 7. The molecule has 5 heteroatoms. The SMILES string of the molecule is [2H]c1cc([2H])c2oc3c(-c4cccc(-c5nc(-c6ccc(-c7ccccc7)cc6)nc(-c6ccc(-c7ccccc7)cc6)n5)c4-n4c5ccccc5c5ccccc54)c([2H])c([2H])c([2H])c3c2c1[2H]. The lowest BCUT2D eigenvalue weighted by molar-refractivity contribution is 0.670. The Kier molecular flexibility index (Phi) is 7.05. The standard InChI is InChI=1S/C57H36N4O/c1-3-15-37(16-4-1)39-29-33-41(34-30-39)55-58-56(42-35-31-40(32-36-42)38-17-5-2-6-18-38)60-57(59-55)49-25-13-22-46(48-24-14-23-47-45-21-9-12-28-52(45)62-54(47)48)53(49)61-50-26-10-7-19-43(50)44-20-8-11-27-51(44)61/h1-36H/i9D,14D,21D,23D,24D,28D. The Bertz CT molecular complexity index is 3810. The van der Waals surface area contributed by atoms with Gasteiger partial charge in [0.1, 0.15) is 11.2 Å². The molecule has 12 rings (SSSR count). The van der Waals surface area contributed by atoms with Gasteiger partial charge in [-0.1, -0.05) is 194 Å². The van der Waals surface area contributed by atoms with Gasteiger partial charge < -0.3 is 8.98 Å². The lowest BCUT2D eigenvalue weighted by Gasteiger charge is -2.19. The van der Waals surface area contributed by atoms with Crippen molar-refractivity contribution in [2.75, 3.05) is 0 Å². The second kappa shape index (κ2) is 14.7. The highest BCUT2D eigenvalue weighted by atomic mass is 16.3. The molecule has 9 aromatic carbocycles. The summed E-state index contributed by atoms with van der Waals surface area (Å²) in [7, 11) is 0. The number of hydrogen-bond donors (Lipinski definition) is 0. The van der Waals surface area contributed by atoms with Crippen molar-refractivity contribution in [3.05, 3.63) is 218 Å². The molecule has 0 aliphatic carbocycles. The Labute approximate surface area is 366 Å². The molecule has 0 unspecified atom stereocenters. The summed E-state index contributed by atoms with van der Waals surface area (Å²) in [6.45, 7) is 0. The molecular weight excluding hydrogens is 757 g/mol. The molecule has 0 radical (unpaired) electrons. The Morgan fingerprint density at radius 2 is 0.855 bits per heavy atom. The summed E-state index contributed by atoms with van der Waals surface area (Å²) in [5, 5.41) is 2.17. The van der Waals surface area contributed by atoms with Crippen molar-refractivity contribution in [3.8, 4) is 73.2 Å². The van der Waals surface area contributed by atoms with Gasteiger partial charge >= 0.3 is 0 Å². The van der Waals surface area contributed by atoms with E-state index in [4.69, 9.17) is 24.9 Å². The van der Waals surface area contributed by atoms with E-state index in [2.05, 4.69) is 65.2 Å². The second-order valence-corrected chi connectivity index (χ2v) is 15.1. The number of hydrogen-bond acceptors (Lipinski definition) is 4. The molecule has 0 aliphatic rings. The van der Waals surface area contributed by atoms with Crippen LogP contribution in [0.4, 0.5) is 0 Å². The van der Waals surface area contributed by atoms with Crippen molar-refractivity contribution in [2.45, 2.75) is 0 Å². The van der Waals surface area contributed by atoms with Crippen molar-refractivity contribution in [1.29, 1.82) is 0 Å². The van der Waals surface area contributed by atoms with Crippen molar-refractivity contribution >= 4 is 43.7 Å². The number of aromatic nitrogens is 4. The molecule has 0 aliphatic heterocycles. The van der Waals surface area contributed by atoms with Crippen LogP contribution in [-0.4, -0.2) is 19.5 Å². The predicted molar refractivity (Wildman–Crippen MR) is 254 cm³/mol. The third-order valence-corrected chi connectivity index (χ3v) is 11.5. The molecule has 62 heavy (non-hydrogen) atoms. The van der Waals surface area contributed by atoms with E-state index in [0.29, 0.717) is 34.3 Å². The van der Waals surface area contributed by atoms with Crippen LogP contribution in [0.15, 0.2) is 223 Å². The summed E-state index contributed by atoms with van der Waals surface area (Å²) in [5.74, 6) is 1.24. The Hall–Kier alpha value is -8.41. The monoisotopic (exact) mass is 798 g/mol. The van der Waals surface area contributed by atoms with Crippen LogP contribution in [-0.2, 0) is 0 Å². The lowest BCUT2D eigenvalue weighted by Crippen LogP contribution is -2.05. The fourth-order valence-corrected chi connectivity index (χ4v) is 8.53. The molecule has 3 aromatic heterocycles. The van der Waals surface area contributed by atoms with Gasteiger partial charge in [0, 0.05) is 49.4 Å². The summed E-state index contributed by atoms with van der Waals surface area (Å²) in [6.07, 6.45) is 0. The van der Waals surface area contributed by atoms with Gasteiger partial charge in [-0.3, -0.25) is 0 Å². The zero-order valence-corrected chi connectivity index (χ0v) is 33.0. The molecule has 0 saturated heterocycles. The van der Waals surface area contributed by atoms with Gasteiger partial charge in [-0.2, -0.15) is 0 Å². The third kappa shape index (κ3) is 5.98. The Morgan fingerprint density at radius 3 is 1.47 bits per heavy atom. The molecule has 3 heterocycles. The minimum absolute atomic E-state index is 0.0126. The fourth-order valence-electron chi connectivity index (χ4n) is 8.53. The van der Waals surface area contributed by atoms with Gasteiger partial charge in [-0.15, -0.1) is 0 Å². The number of nitrogens with zero attached hydrogens (tertiary/aromatic N) is 4. The third-order valence-electron chi connectivity index (χ3n) is 11.5. The van der Waals surface area contributed by atoms with E-state index in [1.165, 1.54) is 6.07 Å². The first-order chi connectivity index (χ1) is 33.2. The van der Waals surface area contributed by atoms with E-state index >= 15 is 0 Å². The summed E-state index contributed by atoms with van der Waals surface area (Å²) in [5.41, 5.74) is 9.47. The molecule has 5 nitrogen and oxygen atoms in total. The highest BCUT2D eigenvalue weighted by molar-refractivity contribution is 6.13. The van der Waals surface area contributed by atoms with Gasteiger partial charge in [0.25, 0.3) is 0 Å². The van der Waals surface area contributed by atoms with Gasteiger partial charge in [-0.25, -0.2) is 15.0 Å². The van der Waals surface area contributed by atoms with Crippen LogP contribution in [0.3, 0.4) is 0 Å². The van der Waals surface area contributed by atoms with E-state index < -0.39 is 0 Å². The molecule has 0 N–H and O–H groups in total. The molecule has 290 valence electrons. The first kappa shape index (κ1) is 29.7. The predicted octanol–water partition coefficient (Wildman–Crippen LogP) is 14.9. The van der Waals surface area contributed by atoms with E-state index in [1.54, 1.807) is 0 Å². The first-order valence-corrected chi connectivity index (χ1v) is 20.4. The van der Waals surface area contributed by atoms with E-state index in [-0.39, 0.29) is 63.8 Å². The van der Waals surface area contributed by atoms with Crippen molar-refractivity contribution in [3.63, 3.8) is 0 Å². The maximum absolute atomic E-state index is 9.60. The number of furan rings is 1. The molecule has 12 aromatic rings. The van der Waals surface area contributed by atoms with Gasteiger partial charge in [0.15, 0.2) is 17.5 Å². The zero-order chi connectivity index (χ0) is 46.2. The topological polar surface area (TPSA) is 56.7 Å². The second-order valence-electron chi connectivity index (χ2n) is 15.1. The van der Waals surface area contributed by atoms with Crippen LogP contribution in [0.1, 0.15) is 8.22 Å². The van der Waals surface area contributed by atoms with Gasteiger partial charge in [0.2, 0.25) is 0 Å². The molecule has 0 fully saturated rings. The lowest BCUT2D eigenvalue weighted by atomic mass is 9.97. The largest absolute Gasteiger partial charge is 0.455 e. The van der Waals surface area contributed by atoms with E-state index in [9.17, 15) is 2.74 Å². The van der Waals surface area contributed by atoms with Crippen LogP contribution in [0.2, 0.25) is 0 Å². The summed E-state index contributed by atoms with van der Waals surface area (Å²) < 4.78 is 62.7. The van der Waals surface area contributed by atoms with Crippen molar-refractivity contribution < 1.29 is 12.6 Å². The van der Waals surface area contributed by atoms with Crippen LogP contribution >= 0.6 is 0 Å². The quantitative estimate of drug-likeness (QED) is 0.161. The van der Waals surface area contributed by atoms with Crippen molar-refractivity contribution in [2.24, 2.45) is 0 Å².